The second-order valence-electron chi connectivity index (χ2n) is 11.6. The summed E-state index contributed by atoms with van der Waals surface area (Å²) in [5, 5.41) is 16.9. The maximum absolute atomic E-state index is 14.5. The number of alkyl halides is 1. The summed E-state index contributed by atoms with van der Waals surface area (Å²) in [5.74, 6) is -1.72. The van der Waals surface area contributed by atoms with Crippen LogP contribution < -0.4 is 10.6 Å². The molecule has 0 aromatic heterocycles. The lowest BCUT2D eigenvalue weighted by atomic mass is 9.70. The van der Waals surface area contributed by atoms with Crippen LogP contribution in [0.5, 0.6) is 0 Å². The van der Waals surface area contributed by atoms with Gasteiger partial charge in [-0.2, -0.15) is 0 Å². The lowest BCUT2D eigenvalue weighted by Crippen LogP contribution is -2.57. The van der Waals surface area contributed by atoms with Crippen molar-refractivity contribution in [1.82, 2.24) is 15.5 Å². The second kappa shape index (κ2) is 11.5. The molecule has 6 rings (SSSR count). The molecular formula is C31H36BrN3O4S. The second-order valence-corrected chi connectivity index (χ2v) is 14.3. The number of nitrogens with one attached hydrogen (secondary N) is 2. The molecular weight excluding hydrogens is 590 g/mol. The van der Waals surface area contributed by atoms with Crippen LogP contribution in [0.4, 0.5) is 0 Å². The average Bonchev–Trinajstić information content (AvgIpc) is 3.57. The van der Waals surface area contributed by atoms with Crippen molar-refractivity contribution in [2.45, 2.75) is 78.0 Å². The van der Waals surface area contributed by atoms with E-state index in [-0.39, 0.29) is 40.4 Å². The number of hydrogen-bond acceptors (Lipinski definition) is 5. The molecule has 3 amide bonds. The topological polar surface area (TPSA) is 98.7 Å². The highest BCUT2D eigenvalue weighted by atomic mass is 79.9. The number of nitrogens with zero attached hydrogens (tertiary/aromatic N) is 1. The van der Waals surface area contributed by atoms with Gasteiger partial charge in [-0.25, -0.2) is 0 Å². The molecule has 1 saturated carbocycles. The van der Waals surface area contributed by atoms with E-state index in [1.54, 1.807) is 16.7 Å². The summed E-state index contributed by atoms with van der Waals surface area (Å²) in [6, 6.07) is 17.8. The van der Waals surface area contributed by atoms with Gasteiger partial charge in [-0.1, -0.05) is 95.9 Å². The predicted octanol–water partition coefficient (Wildman–Crippen LogP) is 3.95. The van der Waals surface area contributed by atoms with Gasteiger partial charge < -0.3 is 20.6 Å². The Kier molecular flexibility index (Phi) is 7.98. The van der Waals surface area contributed by atoms with Crippen molar-refractivity contribution >= 4 is 45.4 Å². The van der Waals surface area contributed by atoms with E-state index < -0.39 is 28.7 Å². The number of carbonyl (C=O) groups excluding carboxylic acids is 3. The maximum atomic E-state index is 14.5. The van der Waals surface area contributed by atoms with Crippen molar-refractivity contribution in [3.63, 3.8) is 0 Å². The van der Waals surface area contributed by atoms with Crippen molar-refractivity contribution in [1.29, 1.82) is 0 Å². The van der Waals surface area contributed by atoms with Gasteiger partial charge in [0.25, 0.3) is 0 Å². The van der Waals surface area contributed by atoms with Crippen LogP contribution >= 0.6 is 27.7 Å². The van der Waals surface area contributed by atoms with Crippen LogP contribution in [-0.4, -0.2) is 61.2 Å². The van der Waals surface area contributed by atoms with Gasteiger partial charge in [0, 0.05) is 22.7 Å². The largest absolute Gasteiger partial charge is 0.394 e. The molecule has 9 heteroatoms. The molecule has 7 atom stereocenters. The van der Waals surface area contributed by atoms with Crippen molar-refractivity contribution in [2.75, 3.05) is 6.61 Å². The SMILES string of the molecule is O=C(NC1CCCCC1)C1N([C@H](CO)c2ccccc2)C(=O)[C@@H]2[C@H](C(=O)NCc3ccccc3)[C@H]3SC12CC3Br. The van der Waals surface area contributed by atoms with Crippen LogP contribution in [0.2, 0.25) is 0 Å². The minimum atomic E-state index is -0.772. The summed E-state index contributed by atoms with van der Waals surface area (Å²) in [5.41, 5.74) is 1.77. The highest BCUT2D eigenvalue weighted by Gasteiger charge is 2.76. The molecule has 212 valence electrons. The Labute approximate surface area is 248 Å². The molecule has 7 nitrogen and oxygen atoms in total. The quantitative estimate of drug-likeness (QED) is 0.386. The minimum absolute atomic E-state index is 0.00302. The van der Waals surface area contributed by atoms with E-state index in [9.17, 15) is 19.5 Å². The number of halogens is 1. The highest BCUT2D eigenvalue weighted by molar-refractivity contribution is 9.09. The first-order valence-corrected chi connectivity index (χ1v) is 16.2. The zero-order chi connectivity index (χ0) is 27.9. The van der Waals surface area contributed by atoms with Crippen LogP contribution in [0.1, 0.15) is 55.7 Å². The molecule has 3 heterocycles. The molecule has 2 bridgehead atoms. The van der Waals surface area contributed by atoms with Crippen LogP contribution in [0.25, 0.3) is 0 Å². The highest BCUT2D eigenvalue weighted by Crippen LogP contribution is 2.68. The number of hydrogen-bond donors (Lipinski definition) is 3. The zero-order valence-corrected chi connectivity index (χ0v) is 24.8. The summed E-state index contributed by atoms with van der Waals surface area (Å²) in [6.45, 7) is 0.0788. The fourth-order valence-corrected chi connectivity index (χ4v) is 11.1. The molecule has 40 heavy (non-hydrogen) atoms. The monoisotopic (exact) mass is 625 g/mol. The molecule has 2 aromatic carbocycles. The van der Waals surface area contributed by atoms with Gasteiger partial charge in [0.15, 0.2) is 0 Å². The number of thioether (sulfide) groups is 1. The minimum Gasteiger partial charge on any atom is -0.394 e. The lowest BCUT2D eigenvalue weighted by molar-refractivity contribution is -0.143. The van der Waals surface area contributed by atoms with Gasteiger partial charge in [0.1, 0.15) is 6.04 Å². The van der Waals surface area contributed by atoms with E-state index in [2.05, 4.69) is 26.6 Å². The van der Waals surface area contributed by atoms with Crippen LogP contribution in [-0.2, 0) is 20.9 Å². The zero-order valence-electron chi connectivity index (χ0n) is 22.4. The number of benzene rings is 2. The van der Waals surface area contributed by atoms with Crippen molar-refractivity contribution < 1.29 is 19.5 Å². The van der Waals surface area contributed by atoms with E-state index in [0.717, 1.165) is 36.8 Å². The average molecular weight is 627 g/mol. The normalized spacial score (nSPS) is 32.1. The van der Waals surface area contributed by atoms with Crippen LogP contribution in [0.15, 0.2) is 60.7 Å². The van der Waals surface area contributed by atoms with Crippen molar-refractivity contribution in [2.24, 2.45) is 11.8 Å². The summed E-state index contributed by atoms with van der Waals surface area (Å²) in [4.78, 5) is 44.1. The Morgan fingerprint density at radius 2 is 1.70 bits per heavy atom. The molecule has 3 saturated heterocycles. The van der Waals surface area contributed by atoms with Crippen LogP contribution in [0.3, 0.4) is 0 Å². The van der Waals surface area contributed by atoms with Crippen molar-refractivity contribution in [3.8, 4) is 0 Å². The third-order valence-corrected chi connectivity index (χ3v) is 12.5. The number of likely N-dealkylation sites (tertiary alicyclic amines) is 1. The number of aliphatic hydroxyl groups excluding tert-OH is 1. The molecule has 0 radical (unpaired) electrons. The number of amides is 3. The number of carbonyl (C=O) groups is 3. The first-order valence-electron chi connectivity index (χ1n) is 14.4. The fraction of sp³-hybridized carbons (Fsp3) is 0.516. The lowest BCUT2D eigenvalue weighted by Gasteiger charge is -2.38. The number of rotatable bonds is 8. The fourth-order valence-electron chi connectivity index (χ4n) is 7.46. The van der Waals surface area contributed by atoms with Gasteiger partial charge >= 0.3 is 0 Å². The van der Waals surface area contributed by atoms with Crippen molar-refractivity contribution in [3.05, 3.63) is 71.8 Å². The summed E-state index contributed by atoms with van der Waals surface area (Å²) >= 11 is 5.47. The Balaban J connectivity index is 1.35. The smallest absolute Gasteiger partial charge is 0.244 e. The Morgan fingerprint density at radius 3 is 2.38 bits per heavy atom. The van der Waals surface area contributed by atoms with Gasteiger partial charge in [-0.3, -0.25) is 14.4 Å². The van der Waals surface area contributed by atoms with E-state index in [1.165, 1.54) is 6.42 Å². The molecule has 3 unspecified atom stereocenters. The maximum Gasteiger partial charge on any atom is 0.244 e. The van der Waals surface area contributed by atoms with E-state index in [1.807, 2.05) is 60.7 Å². The first-order chi connectivity index (χ1) is 19.4. The third-order valence-electron chi connectivity index (χ3n) is 9.23. The van der Waals surface area contributed by atoms with Gasteiger partial charge in [-0.05, 0) is 30.4 Å². The van der Waals surface area contributed by atoms with E-state index in [4.69, 9.17) is 0 Å². The Bertz CT molecular complexity index is 1240. The molecule has 2 aromatic rings. The van der Waals surface area contributed by atoms with Gasteiger partial charge in [-0.15, -0.1) is 11.8 Å². The molecule has 4 aliphatic rings. The Hall–Kier alpha value is -2.36. The number of aliphatic hydroxyl groups is 1. The molecule has 3 N–H and O–H groups in total. The summed E-state index contributed by atoms with van der Waals surface area (Å²) in [6.07, 6.45) is 5.83. The number of fused-ring (bicyclic) bond motifs is 1. The molecule has 1 spiro atoms. The van der Waals surface area contributed by atoms with E-state index in [0.29, 0.717) is 13.0 Å². The van der Waals surface area contributed by atoms with Gasteiger partial charge in [0.2, 0.25) is 17.7 Å². The molecule has 3 aliphatic heterocycles. The third kappa shape index (κ3) is 4.77. The van der Waals surface area contributed by atoms with E-state index >= 15 is 0 Å². The molecule has 1 aliphatic carbocycles. The predicted molar refractivity (Wildman–Crippen MR) is 159 cm³/mol. The standard InChI is InChI=1S/C31H36BrN3O4S/c32-22-16-31-25(24(26(22)40-31)28(37)33-17-19-10-4-1-5-11-19)30(39)35(23(18-36)20-12-6-2-7-13-20)27(31)29(38)34-21-14-8-3-9-15-21/h1-2,4-7,10-13,21-27,36H,3,8-9,14-18H2,(H,33,37)(H,34,38)/t22?,23-,24+,25+,26+,27?,31?/m1/s1. The Morgan fingerprint density at radius 1 is 1.02 bits per heavy atom. The first kappa shape index (κ1) is 27.8. The summed E-state index contributed by atoms with van der Waals surface area (Å²) in [7, 11) is 0. The van der Waals surface area contributed by atoms with Crippen LogP contribution in [0, 0.1) is 11.8 Å². The summed E-state index contributed by atoms with van der Waals surface area (Å²) < 4.78 is -0.744. The van der Waals surface area contributed by atoms with Gasteiger partial charge in [0.05, 0.1) is 29.2 Å². The molecule has 4 fully saturated rings.